The molecule has 2 aromatic rings. The van der Waals surface area contributed by atoms with Crippen LogP contribution in [0.5, 0.6) is 0 Å². The molecule has 0 heterocycles. The molecule has 2 aromatic carbocycles. The van der Waals surface area contributed by atoms with E-state index in [2.05, 4.69) is 17.2 Å². The summed E-state index contributed by atoms with van der Waals surface area (Å²) in [6.07, 6.45) is 1.53. The smallest absolute Gasteiger partial charge is 0.245 e. The van der Waals surface area contributed by atoms with Gasteiger partial charge in [-0.3, -0.25) is 4.79 Å². The summed E-state index contributed by atoms with van der Waals surface area (Å²) in [7, 11) is 0. The van der Waals surface area contributed by atoms with E-state index in [0.29, 0.717) is 6.54 Å². The van der Waals surface area contributed by atoms with Crippen molar-refractivity contribution < 1.29 is 4.79 Å². The first kappa shape index (κ1) is 14.6. The molecule has 0 aliphatic carbocycles. The zero-order chi connectivity index (χ0) is 14.9. The number of nitrogens with one attached hydrogen (secondary N) is 1. The number of carbonyl (C=O) groups is 1. The highest BCUT2D eigenvalue weighted by Gasteiger charge is 1.97. The largest absolute Gasteiger partial charge is 0.348 e. The Morgan fingerprint density at radius 3 is 2.33 bits per heavy atom. The van der Waals surface area contributed by atoms with E-state index in [9.17, 15) is 4.79 Å². The minimum atomic E-state index is -0.126. The molecule has 0 saturated carbocycles. The van der Waals surface area contributed by atoms with Crippen molar-refractivity contribution in [2.45, 2.75) is 13.5 Å². The van der Waals surface area contributed by atoms with Gasteiger partial charge in [0.25, 0.3) is 0 Å². The minimum Gasteiger partial charge on any atom is -0.348 e. The molecule has 0 atom stereocenters. The third-order valence-electron chi connectivity index (χ3n) is 2.83. The maximum atomic E-state index is 11.8. The van der Waals surface area contributed by atoms with Gasteiger partial charge >= 0.3 is 0 Å². The highest BCUT2D eigenvalue weighted by atomic mass is 16.1. The predicted molar refractivity (Wildman–Crippen MR) is 85.4 cm³/mol. The van der Waals surface area contributed by atoms with Crippen LogP contribution in [0.4, 0.5) is 0 Å². The van der Waals surface area contributed by atoms with Gasteiger partial charge < -0.3 is 5.32 Å². The molecule has 104 valence electrons. The number of hydrogen-bond acceptors (Lipinski definition) is 1. The average Bonchev–Trinajstić information content (AvgIpc) is 2.53. The zero-order valence-electron chi connectivity index (χ0n) is 12.0. The number of carbonyl (C=O) groups excluding carboxylic acids is 1. The van der Waals surface area contributed by atoms with E-state index in [4.69, 9.17) is 0 Å². The SMILES string of the molecule is C/C(C#Cc1ccccc1)=C/C(=O)NCc1ccccc1. The second kappa shape index (κ2) is 7.72. The van der Waals surface area contributed by atoms with Gasteiger partial charge in [0.1, 0.15) is 0 Å². The summed E-state index contributed by atoms with van der Waals surface area (Å²) in [6, 6.07) is 19.5. The molecule has 2 nitrogen and oxygen atoms in total. The van der Waals surface area contributed by atoms with E-state index < -0.39 is 0 Å². The Balaban J connectivity index is 1.90. The van der Waals surface area contributed by atoms with E-state index in [-0.39, 0.29) is 5.91 Å². The van der Waals surface area contributed by atoms with Crippen LogP contribution < -0.4 is 5.32 Å². The molecule has 0 bridgehead atoms. The number of hydrogen-bond donors (Lipinski definition) is 1. The van der Waals surface area contributed by atoms with Gasteiger partial charge in [0.05, 0.1) is 0 Å². The van der Waals surface area contributed by atoms with Crippen molar-refractivity contribution in [1.82, 2.24) is 5.32 Å². The van der Waals surface area contributed by atoms with E-state index in [1.807, 2.05) is 67.6 Å². The van der Waals surface area contributed by atoms with Crippen LogP contribution in [-0.4, -0.2) is 5.91 Å². The average molecular weight is 275 g/mol. The second-order valence-electron chi connectivity index (χ2n) is 4.65. The molecule has 0 aliphatic heterocycles. The summed E-state index contributed by atoms with van der Waals surface area (Å²) in [5.74, 6) is 5.88. The van der Waals surface area contributed by atoms with Gasteiger partial charge in [0.2, 0.25) is 5.91 Å². The highest BCUT2D eigenvalue weighted by molar-refractivity contribution is 5.88. The Morgan fingerprint density at radius 1 is 1.05 bits per heavy atom. The highest BCUT2D eigenvalue weighted by Crippen LogP contribution is 1.99. The molecular formula is C19H17NO. The first-order valence-electron chi connectivity index (χ1n) is 6.81. The quantitative estimate of drug-likeness (QED) is 0.676. The molecule has 2 rings (SSSR count). The lowest BCUT2D eigenvalue weighted by Gasteiger charge is -2.02. The van der Waals surface area contributed by atoms with Crippen LogP contribution in [0.2, 0.25) is 0 Å². The fourth-order valence-electron chi connectivity index (χ4n) is 1.76. The van der Waals surface area contributed by atoms with Crippen molar-refractivity contribution in [2.75, 3.05) is 0 Å². The zero-order valence-corrected chi connectivity index (χ0v) is 12.0. The van der Waals surface area contributed by atoms with E-state index in [1.165, 1.54) is 6.08 Å². The third kappa shape index (κ3) is 5.38. The van der Waals surface area contributed by atoms with Crippen molar-refractivity contribution in [3.8, 4) is 11.8 Å². The fourth-order valence-corrected chi connectivity index (χ4v) is 1.76. The Bertz CT molecular complexity index is 676. The van der Waals surface area contributed by atoms with Gasteiger partial charge in [-0.2, -0.15) is 0 Å². The number of rotatable bonds is 3. The first-order chi connectivity index (χ1) is 10.2. The lowest BCUT2D eigenvalue weighted by atomic mass is 10.2. The van der Waals surface area contributed by atoms with E-state index in [0.717, 1.165) is 16.7 Å². The Kier molecular flexibility index (Phi) is 5.37. The summed E-state index contributed by atoms with van der Waals surface area (Å²) >= 11 is 0. The summed E-state index contributed by atoms with van der Waals surface area (Å²) in [5.41, 5.74) is 2.76. The number of allylic oxidation sites excluding steroid dienone is 1. The molecule has 1 N–H and O–H groups in total. The van der Waals surface area contributed by atoms with Crippen molar-refractivity contribution in [3.05, 3.63) is 83.4 Å². The topological polar surface area (TPSA) is 29.1 Å². The van der Waals surface area contributed by atoms with E-state index >= 15 is 0 Å². The van der Waals surface area contributed by atoms with Crippen molar-refractivity contribution >= 4 is 5.91 Å². The lowest BCUT2D eigenvalue weighted by molar-refractivity contribution is -0.116. The second-order valence-corrected chi connectivity index (χ2v) is 4.65. The molecule has 0 unspecified atom stereocenters. The molecule has 21 heavy (non-hydrogen) atoms. The van der Waals surface area contributed by atoms with Gasteiger partial charge in [-0.15, -0.1) is 0 Å². The van der Waals surface area contributed by atoms with Gasteiger partial charge in [0, 0.05) is 23.8 Å². The standard InChI is InChI=1S/C19H17NO/c1-16(12-13-17-8-4-2-5-9-17)14-19(21)20-15-18-10-6-3-7-11-18/h2-11,14H,15H2,1H3,(H,20,21)/b16-14-. The van der Waals surface area contributed by atoms with Crippen LogP contribution in [0.1, 0.15) is 18.1 Å². The van der Waals surface area contributed by atoms with Crippen molar-refractivity contribution in [2.24, 2.45) is 0 Å². The summed E-state index contributed by atoms with van der Waals surface area (Å²) in [4.78, 5) is 11.8. The Hall–Kier alpha value is -2.79. The molecule has 0 saturated heterocycles. The molecule has 2 heteroatoms. The number of benzene rings is 2. The third-order valence-corrected chi connectivity index (χ3v) is 2.83. The van der Waals surface area contributed by atoms with Gasteiger partial charge in [-0.1, -0.05) is 60.4 Å². The molecule has 0 radical (unpaired) electrons. The van der Waals surface area contributed by atoms with Gasteiger partial charge in [-0.25, -0.2) is 0 Å². The molecule has 0 fully saturated rings. The number of amides is 1. The Labute approximate surface area is 125 Å². The first-order valence-corrected chi connectivity index (χ1v) is 6.81. The molecule has 0 aliphatic rings. The summed E-state index contributed by atoms with van der Waals surface area (Å²) in [6.45, 7) is 2.35. The van der Waals surface area contributed by atoms with Crippen LogP contribution in [0.15, 0.2) is 72.3 Å². The normalized spacial score (nSPS) is 10.4. The van der Waals surface area contributed by atoms with Gasteiger partial charge in [0.15, 0.2) is 0 Å². The maximum absolute atomic E-state index is 11.8. The fraction of sp³-hybridized carbons (Fsp3) is 0.105. The predicted octanol–water partition coefficient (Wildman–Crippen LogP) is 3.30. The maximum Gasteiger partial charge on any atom is 0.245 e. The molecule has 0 spiro atoms. The monoisotopic (exact) mass is 275 g/mol. The van der Waals surface area contributed by atoms with Crippen LogP contribution in [-0.2, 0) is 11.3 Å². The molecule has 0 aromatic heterocycles. The molecule has 1 amide bonds. The van der Waals surface area contributed by atoms with Crippen molar-refractivity contribution in [1.29, 1.82) is 0 Å². The summed E-state index contributed by atoms with van der Waals surface area (Å²) < 4.78 is 0. The van der Waals surface area contributed by atoms with E-state index in [1.54, 1.807) is 0 Å². The van der Waals surface area contributed by atoms with Gasteiger partial charge in [-0.05, 0) is 24.6 Å². The van der Waals surface area contributed by atoms with Crippen LogP contribution >= 0.6 is 0 Å². The van der Waals surface area contributed by atoms with Crippen LogP contribution in [0.25, 0.3) is 0 Å². The molecular weight excluding hydrogens is 258 g/mol. The lowest BCUT2D eigenvalue weighted by Crippen LogP contribution is -2.20. The van der Waals surface area contributed by atoms with Crippen LogP contribution in [0, 0.1) is 11.8 Å². The van der Waals surface area contributed by atoms with Crippen LogP contribution in [0.3, 0.4) is 0 Å². The van der Waals surface area contributed by atoms with Crippen molar-refractivity contribution in [3.63, 3.8) is 0 Å². The summed E-state index contributed by atoms with van der Waals surface area (Å²) in [5, 5.41) is 2.84. The minimum absolute atomic E-state index is 0.126. The Morgan fingerprint density at radius 2 is 1.67 bits per heavy atom.